The highest BCUT2D eigenvalue weighted by molar-refractivity contribution is 4.85. The summed E-state index contributed by atoms with van der Waals surface area (Å²) in [6.45, 7) is 11.7. The Hall–Kier alpha value is -0.0800. The SMILES string of the molecule is [CH2]C1(CC)COC(C)(CC)OC1. The third kappa shape index (κ3) is 1.99. The van der Waals surface area contributed by atoms with E-state index in [0.29, 0.717) is 13.2 Å². The summed E-state index contributed by atoms with van der Waals surface area (Å²) < 4.78 is 11.3. The van der Waals surface area contributed by atoms with E-state index < -0.39 is 0 Å². The Morgan fingerprint density at radius 2 is 1.67 bits per heavy atom. The zero-order valence-corrected chi connectivity index (χ0v) is 8.35. The van der Waals surface area contributed by atoms with Crippen LogP contribution in [0.4, 0.5) is 0 Å². The van der Waals surface area contributed by atoms with E-state index in [1.165, 1.54) is 0 Å². The van der Waals surface area contributed by atoms with Crippen LogP contribution < -0.4 is 0 Å². The van der Waals surface area contributed by atoms with E-state index in [1.807, 2.05) is 6.92 Å². The van der Waals surface area contributed by atoms with Crippen molar-refractivity contribution in [2.24, 2.45) is 5.41 Å². The molecule has 0 saturated carbocycles. The summed E-state index contributed by atoms with van der Waals surface area (Å²) in [4.78, 5) is 0. The van der Waals surface area contributed by atoms with Crippen LogP contribution in [0, 0.1) is 12.3 Å². The standard InChI is InChI=1S/C10H19O2/c1-5-9(3)7-11-10(4,6-2)12-8-9/h3,5-8H2,1-2,4H3. The highest BCUT2D eigenvalue weighted by Gasteiger charge is 2.37. The molecule has 1 rings (SSSR count). The van der Waals surface area contributed by atoms with Gasteiger partial charge in [0.1, 0.15) is 0 Å². The van der Waals surface area contributed by atoms with E-state index >= 15 is 0 Å². The van der Waals surface area contributed by atoms with Gasteiger partial charge < -0.3 is 9.47 Å². The van der Waals surface area contributed by atoms with Crippen molar-refractivity contribution in [3.63, 3.8) is 0 Å². The maximum atomic E-state index is 5.64. The van der Waals surface area contributed by atoms with Crippen molar-refractivity contribution in [1.82, 2.24) is 0 Å². The molecule has 0 unspecified atom stereocenters. The van der Waals surface area contributed by atoms with Gasteiger partial charge in [-0.3, -0.25) is 0 Å². The molecule has 0 amide bonds. The van der Waals surface area contributed by atoms with Crippen molar-refractivity contribution in [3.8, 4) is 0 Å². The van der Waals surface area contributed by atoms with E-state index in [0.717, 1.165) is 12.8 Å². The fourth-order valence-electron chi connectivity index (χ4n) is 1.10. The maximum Gasteiger partial charge on any atom is 0.165 e. The average Bonchev–Trinajstić information content (AvgIpc) is 2.11. The Balaban J connectivity index is 2.49. The first-order valence-corrected chi connectivity index (χ1v) is 4.67. The summed E-state index contributed by atoms with van der Waals surface area (Å²) in [5, 5.41) is 0. The summed E-state index contributed by atoms with van der Waals surface area (Å²) in [6, 6.07) is 0. The van der Waals surface area contributed by atoms with E-state index in [9.17, 15) is 0 Å². The lowest BCUT2D eigenvalue weighted by Gasteiger charge is -2.42. The molecule has 71 valence electrons. The molecule has 0 aliphatic carbocycles. The topological polar surface area (TPSA) is 18.5 Å². The number of hydrogen-bond acceptors (Lipinski definition) is 2. The van der Waals surface area contributed by atoms with Crippen LogP contribution in [-0.4, -0.2) is 19.0 Å². The molecule has 0 aromatic heterocycles. The van der Waals surface area contributed by atoms with Crippen LogP contribution in [0.15, 0.2) is 0 Å². The number of rotatable bonds is 2. The second-order valence-electron chi connectivity index (χ2n) is 3.92. The van der Waals surface area contributed by atoms with Crippen LogP contribution in [0.2, 0.25) is 0 Å². The van der Waals surface area contributed by atoms with Gasteiger partial charge in [0.15, 0.2) is 5.79 Å². The van der Waals surface area contributed by atoms with Crippen LogP contribution in [0.3, 0.4) is 0 Å². The smallest absolute Gasteiger partial charge is 0.165 e. The lowest BCUT2D eigenvalue weighted by Crippen LogP contribution is -2.46. The molecule has 0 atom stereocenters. The Kier molecular flexibility index (Phi) is 2.79. The Morgan fingerprint density at radius 3 is 2.00 bits per heavy atom. The predicted octanol–water partition coefficient (Wildman–Crippen LogP) is 2.39. The molecule has 12 heavy (non-hydrogen) atoms. The van der Waals surface area contributed by atoms with Gasteiger partial charge in [0, 0.05) is 5.41 Å². The fraction of sp³-hybridized carbons (Fsp3) is 0.900. The third-order valence-electron chi connectivity index (χ3n) is 2.76. The van der Waals surface area contributed by atoms with Gasteiger partial charge in [-0.1, -0.05) is 13.8 Å². The van der Waals surface area contributed by atoms with Crippen molar-refractivity contribution in [1.29, 1.82) is 0 Å². The minimum atomic E-state index is -0.365. The van der Waals surface area contributed by atoms with Crippen molar-refractivity contribution >= 4 is 0 Å². The van der Waals surface area contributed by atoms with Gasteiger partial charge in [-0.25, -0.2) is 0 Å². The number of hydrogen-bond donors (Lipinski definition) is 0. The summed E-state index contributed by atoms with van der Waals surface area (Å²) in [7, 11) is 0. The van der Waals surface area contributed by atoms with Crippen LogP contribution in [0.25, 0.3) is 0 Å². The first kappa shape index (κ1) is 10.0. The molecular formula is C10H19O2. The Morgan fingerprint density at radius 1 is 1.17 bits per heavy atom. The van der Waals surface area contributed by atoms with E-state index in [1.54, 1.807) is 0 Å². The summed E-state index contributed by atoms with van der Waals surface area (Å²) in [5.74, 6) is -0.365. The van der Waals surface area contributed by atoms with Gasteiger partial charge in [-0.05, 0) is 26.7 Å². The van der Waals surface area contributed by atoms with E-state index in [4.69, 9.17) is 9.47 Å². The Labute approximate surface area is 75.2 Å². The molecule has 1 aliphatic rings. The summed E-state index contributed by atoms with van der Waals surface area (Å²) in [6.07, 6.45) is 1.90. The normalized spacial score (nSPS) is 43.0. The van der Waals surface area contributed by atoms with Crippen molar-refractivity contribution in [2.75, 3.05) is 13.2 Å². The molecule has 1 saturated heterocycles. The van der Waals surface area contributed by atoms with Crippen molar-refractivity contribution in [2.45, 2.75) is 39.4 Å². The summed E-state index contributed by atoms with van der Waals surface area (Å²) in [5.41, 5.74) is -0.0192. The van der Waals surface area contributed by atoms with Gasteiger partial charge in [-0.15, -0.1) is 0 Å². The van der Waals surface area contributed by atoms with Gasteiger partial charge in [0.25, 0.3) is 0 Å². The third-order valence-corrected chi connectivity index (χ3v) is 2.76. The summed E-state index contributed by atoms with van der Waals surface area (Å²) >= 11 is 0. The first-order valence-electron chi connectivity index (χ1n) is 4.67. The minimum absolute atomic E-state index is 0.0192. The molecule has 1 heterocycles. The van der Waals surface area contributed by atoms with Crippen LogP contribution in [-0.2, 0) is 9.47 Å². The van der Waals surface area contributed by atoms with Gasteiger partial charge in [0.05, 0.1) is 13.2 Å². The first-order chi connectivity index (χ1) is 5.54. The lowest BCUT2D eigenvalue weighted by atomic mass is 9.88. The molecule has 0 bridgehead atoms. The molecule has 1 fully saturated rings. The molecule has 0 aromatic rings. The van der Waals surface area contributed by atoms with Crippen LogP contribution in [0.1, 0.15) is 33.6 Å². The zero-order chi connectivity index (χ0) is 9.24. The quantitative estimate of drug-likeness (QED) is 0.635. The average molecular weight is 171 g/mol. The second-order valence-corrected chi connectivity index (χ2v) is 3.92. The second kappa shape index (κ2) is 3.35. The van der Waals surface area contributed by atoms with Gasteiger partial charge in [-0.2, -0.15) is 0 Å². The molecule has 2 nitrogen and oxygen atoms in total. The largest absolute Gasteiger partial charge is 0.350 e. The minimum Gasteiger partial charge on any atom is -0.350 e. The molecule has 0 aromatic carbocycles. The highest BCUT2D eigenvalue weighted by Crippen LogP contribution is 2.32. The van der Waals surface area contributed by atoms with E-state index in [2.05, 4.69) is 20.8 Å². The van der Waals surface area contributed by atoms with E-state index in [-0.39, 0.29) is 11.2 Å². The molecule has 1 aliphatic heterocycles. The van der Waals surface area contributed by atoms with Gasteiger partial charge in [0.2, 0.25) is 0 Å². The zero-order valence-electron chi connectivity index (χ0n) is 8.35. The van der Waals surface area contributed by atoms with Crippen LogP contribution in [0.5, 0.6) is 0 Å². The molecule has 1 radical (unpaired) electrons. The fourth-order valence-corrected chi connectivity index (χ4v) is 1.10. The van der Waals surface area contributed by atoms with Gasteiger partial charge >= 0.3 is 0 Å². The molecule has 0 spiro atoms. The molecule has 2 heteroatoms. The molecular weight excluding hydrogens is 152 g/mol. The van der Waals surface area contributed by atoms with Crippen molar-refractivity contribution < 1.29 is 9.47 Å². The van der Waals surface area contributed by atoms with Crippen molar-refractivity contribution in [3.05, 3.63) is 6.92 Å². The van der Waals surface area contributed by atoms with Crippen LogP contribution >= 0.6 is 0 Å². The molecule has 0 N–H and O–H groups in total. The monoisotopic (exact) mass is 171 g/mol. The Bertz CT molecular complexity index is 128. The maximum absolute atomic E-state index is 5.64. The lowest BCUT2D eigenvalue weighted by molar-refractivity contribution is -0.288. The highest BCUT2D eigenvalue weighted by atomic mass is 16.7. The predicted molar refractivity (Wildman–Crippen MR) is 48.7 cm³/mol. The number of ether oxygens (including phenoxy) is 2.